The van der Waals surface area contributed by atoms with Crippen LogP contribution in [-0.2, 0) is 16.1 Å². The summed E-state index contributed by atoms with van der Waals surface area (Å²) in [6.07, 6.45) is 0.495. The van der Waals surface area contributed by atoms with Gasteiger partial charge in [-0.25, -0.2) is 9.59 Å². The monoisotopic (exact) mass is 735 g/mol. The summed E-state index contributed by atoms with van der Waals surface area (Å²) in [6, 6.07) is 19.0. The van der Waals surface area contributed by atoms with Gasteiger partial charge in [0.05, 0.1) is 41.6 Å². The van der Waals surface area contributed by atoms with Gasteiger partial charge < -0.3 is 39.3 Å². The summed E-state index contributed by atoms with van der Waals surface area (Å²) in [4.78, 5) is 24.7. The molecule has 2 atom stereocenters. The first kappa shape index (κ1) is 37.1. The fourth-order valence-electron chi connectivity index (χ4n) is 5.62. The zero-order chi connectivity index (χ0) is 36.7. The molecule has 0 aliphatic carbocycles. The SMILES string of the molecule is CCOc1cc([C@H]2NC(=O)NC(C)=C2C(=O)OC)ccc1OC[C@H](O)N/N=C/c1cc(C)n(-c2ccc(OCc3ccc(Cl)c(Cl)c3)cc2)c1C. The summed E-state index contributed by atoms with van der Waals surface area (Å²) in [6.45, 7) is 7.99. The van der Waals surface area contributed by atoms with Crippen molar-refractivity contribution in [3.8, 4) is 22.9 Å². The highest BCUT2D eigenvalue weighted by Gasteiger charge is 2.32. The molecule has 268 valence electrons. The van der Waals surface area contributed by atoms with Crippen molar-refractivity contribution in [3.05, 3.63) is 116 Å². The van der Waals surface area contributed by atoms with Crippen LogP contribution in [0.25, 0.3) is 5.69 Å². The van der Waals surface area contributed by atoms with Crippen molar-refractivity contribution in [1.29, 1.82) is 0 Å². The molecule has 0 radical (unpaired) electrons. The number of benzene rings is 3. The Kier molecular flexibility index (Phi) is 12.1. The number of rotatable bonds is 14. The molecule has 4 aromatic rings. The highest BCUT2D eigenvalue weighted by Crippen LogP contribution is 2.35. The Balaban J connectivity index is 1.19. The Morgan fingerprint density at radius 1 is 1.00 bits per heavy atom. The van der Waals surface area contributed by atoms with Gasteiger partial charge in [0.25, 0.3) is 0 Å². The molecular weight excluding hydrogens is 697 g/mol. The molecule has 0 spiro atoms. The minimum absolute atomic E-state index is 0.147. The van der Waals surface area contributed by atoms with E-state index in [1.807, 2.05) is 57.2 Å². The highest BCUT2D eigenvalue weighted by atomic mass is 35.5. The first-order valence-corrected chi connectivity index (χ1v) is 16.8. The van der Waals surface area contributed by atoms with E-state index in [0.717, 1.165) is 28.2 Å². The van der Waals surface area contributed by atoms with Crippen LogP contribution < -0.4 is 30.3 Å². The normalized spacial score (nSPS) is 14.9. The van der Waals surface area contributed by atoms with Crippen LogP contribution in [0.5, 0.6) is 17.2 Å². The van der Waals surface area contributed by atoms with Gasteiger partial charge in [0.2, 0.25) is 0 Å². The highest BCUT2D eigenvalue weighted by molar-refractivity contribution is 6.42. The van der Waals surface area contributed by atoms with Gasteiger partial charge in [-0.15, -0.1) is 0 Å². The van der Waals surface area contributed by atoms with Crippen LogP contribution in [0.3, 0.4) is 0 Å². The number of amides is 2. The van der Waals surface area contributed by atoms with Crippen LogP contribution in [-0.4, -0.2) is 54.4 Å². The van der Waals surface area contributed by atoms with Gasteiger partial charge in [-0.05, 0) is 93.4 Å². The fraction of sp³-hybridized carbons (Fsp3) is 0.270. The maximum Gasteiger partial charge on any atom is 0.337 e. The summed E-state index contributed by atoms with van der Waals surface area (Å²) in [7, 11) is 1.28. The maximum absolute atomic E-state index is 12.5. The molecule has 14 heteroatoms. The quantitative estimate of drug-likeness (QED) is 0.0497. The van der Waals surface area contributed by atoms with Crippen LogP contribution in [0, 0.1) is 13.8 Å². The summed E-state index contributed by atoms with van der Waals surface area (Å²) < 4.78 is 24.6. The number of nitrogens with one attached hydrogen (secondary N) is 3. The average Bonchev–Trinajstić information content (AvgIpc) is 3.39. The molecule has 2 heterocycles. The predicted molar refractivity (Wildman–Crippen MR) is 195 cm³/mol. The van der Waals surface area contributed by atoms with Gasteiger partial charge in [-0.3, -0.25) is 5.43 Å². The van der Waals surface area contributed by atoms with E-state index in [4.69, 9.17) is 42.1 Å². The maximum atomic E-state index is 12.5. The van der Waals surface area contributed by atoms with Crippen LogP contribution >= 0.6 is 23.2 Å². The zero-order valence-electron chi connectivity index (χ0n) is 28.8. The Bertz CT molecular complexity index is 1960. The van der Waals surface area contributed by atoms with E-state index < -0.39 is 24.3 Å². The predicted octanol–water partition coefficient (Wildman–Crippen LogP) is 6.50. The van der Waals surface area contributed by atoms with Crippen LogP contribution in [0.1, 0.15) is 48.0 Å². The molecule has 1 aromatic heterocycles. The average molecular weight is 737 g/mol. The minimum atomic E-state index is -1.14. The van der Waals surface area contributed by atoms with Gasteiger partial charge in [-0.1, -0.05) is 35.3 Å². The van der Waals surface area contributed by atoms with Crippen LogP contribution in [0.2, 0.25) is 10.0 Å². The van der Waals surface area contributed by atoms with Gasteiger partial charge in [0.15, 0.2) is 17.7 Å². The molecule has 0 saturated carbocycles. The van der Waals surface area contributed by atoms with Crippen molar-refractivity contribution in [2.75, 3.05) is 20.3 Å². The number of urea groups is 1. The number of carbonyl (C=O) groups excluding carboxylic acids is 2. The second-order valence-corrected chi connectivity index (χ2v) is 12.4. The third-order valence-corrected chi connectivity index (χ3v) is 8.79. The van der Waals surface area contributed by atoms with Gasteiger partial charge in [0, 0.05) is 28.3 Å². The number of ether oxygens (including phenoxy) is 4. The Labute approximate surface area is 305 Å². The van der Waals surface area contributed by atoms with E-state index in [9.17, 15) is 14.7 Å². The standard InChI is InChI=1S/C37H39Cl2N5O7/c1-6-49-32-17-25(35-34(36(46)48-5)22(3)41-37(47)42-35)8-14-31(32)51-20-33(45)43-40-18-26-15-21(2)44(23(26)4)27-9-11-28(12-10-27)50-19-24-7-13-29(38)30(39)16-24/h7-18,33,35,43,45H,6,19-20H2,1-5H3,(H2,41,42,47)/b40-18+/t33-,35+/m0/s1. The molecule has 0 saturated heterocycles. The molecule has 12 nitrogen and oxygen atoms in total. The van der Waals surface area contributed by atoms with Crippen LogP contribution in [0.4, 0.5) is 4.79 Å². The summed E-state index contributed by atoms with van der Waals surface area (Å²) >= 11 is 12.1. The number of hydrogen-bond donors (Lipinski definition) is 4. The Hall–Kier alpha value is -5.17. The lowest BCUT2D eigenvalue weighted by Crippen LogP contribution is -2.45. The number of aliphatic hydroxyl groups is 1. The third kappa shape index (κ3) is 8.95. The van der Waals surface area contributed by atoms with E-state index in [1.165, 1.54) is 7.11 Å². The van der Waals surface area contributed by atoms with Crippen molar-refractivity contribution < 1.29 is 33.6 Å². The number of carbonyl (C=O) groups is 2. The number of aliphatic hydroxyl groups excluding tert-OH is 1. The van der Waals surface area contributed by atoms with Gasteiger partial charge in [-0.2, -0.15) is 5.10 Å². The van der Waals surface area contributed by atoms with E-state index in [0.29, 0.717) is 51.8 Å². The lowest BCUT2D eigenvalue weighted by Gasteiger charge is -2.28. The molecule has 0 fully saturated rings. The molecule has 1 aliphatic heterocycles. The lowest BCUT2D eigenvalue weighted by atomic mass is 9.95. The molecule has 1 aliphatic rings. The van der Waals surface area contributed by atoms with E-state index in [2.05, 4.69) is 25.7 Å². The molecule has 2 amide bonds. The Morgan fingerprint density at radius 2 is 1.76 bits per heavy atom. The molecule has 0 bridgehead atoms. The van der Waals surface area contributed by atoms with Crippen molar-refractivity contribution in [3.63, 3.8) is 0 Å². The minimum Gasteiger partial charge on any atom is -0.490 e. The van der Waals surface area contributed by atoms with Crippen molar-refractivity contribution >= 4 is 41.4 Å². The van der Waals surface area contributed by atoms with Crippen molar-refractivity contribution in [2.24, 2.45) is 5.10 Å². The van der Waals surface area contributed by atoms with Crippen molar-refractivity contribution in [1.82, 2.24) is 20.6 Å². The third-order valence-electron chi connectivity index (χ3n) is 8.05. The first-order valence-electron chi connectivity index (χ1n) is 16.1. The second-order valence-electron chi connectivity index (χ2n) is 11.6. The Morgan fingerprint density at radius 3 is 2.47 bits per heavy atom. The molecule has 0 unspecified atom stereocenters. The van der Waals surface area contributed by atoms with E-state index in [-0.39, 0.29) is 12.2 Å². The zero-order valence-corrected chi connectivity index (χ0v) is 30.3. The molecular formula is C37H39Cl2N5O7. The number of aryl methyl sites for hydroxylation is 1. The lowest BCUT2D eigenvalue weighted by molar-refractivity contribution is -0.136. The largest absolute Gasteiger partial charge is 0.490 e. The second kappa shape index (κ2) is 16.7. The number of halogens is 2. The summed E-state index contributed by atoms with van der Waals surface area (Å²) in [5.74, 6) is 0.880. The molecule has 4 N–H and O–H groups in total. The smallest absolute Gasteiger partial charge is 0.337 e. The number of hydrazone groups is 1. The fourth-order valence-corrected chi connectivity index (χ4v) is 5.94. The topological polar surface area (TPSA) is 145 Å². The van der Waals surface area contributed by atoms with E-state index >= 15 is 0 Å². The number of methoxy groups -OCH3 is 1. The molecule has 3 aromatic carbocycles. The van der Waals surface area contributed by atoms with Gasteiger partial charge >= 0.3 is 12.0 Å². The van der Waals surface area contributed by atoms with E-state index in [1.54, 1.807) is 43.5 Å². The number of nitrogens with zero attached hydrogens (tertiary/aromatic N) is 2. The van der Waals surface area contributed by atoms with Crippen molar-refractivity contribution in [2.45, 2.75) is 46.6 Å². The van der Waals surface area contributed by atoms with Gasteiger partial charge in [0.1, 0.15) is 19.0 Å². The number of aromatic nitrogens is 1. The summed E-state index contributed by atoms with van der Waals surface area (Å²) in [5, 5.41) is 21.2. The first-order chi connectivity index (χ1) is 24.5. The summed E-state index contributed by atoms with van der Waals surface area (Å²) in [5.41, 5.74) is 8.64. The number of hydrogen-bond acceptors (Lipinski definition) is 9. The number of esters is 1. The number of allylic oxidation sites excluding steroid dienone is 1. The molecule has 51 heavy (non-hydrogen) atoms. The van der Waals surface area contributed by atoms with Crippen LogP contribution in [0.15, 0.2) is 83.1 Å². The molecule has 5 rings (SSSR count).